The van der Waals surface area contributed by atoms with Gasteiger partial charge < -0.3 is 4.74 Å². The zero-order valence-electron chi connectivity index (χ0n) is 18.5. The smallest absolute Gasteiger partial charge is 0.340 e. The van der Waals surface area contributed by atoms with Gasteiger partial charge in [0.05, 0.1) is 34.9 Å². The maximum absolute atomic E-state index is 12.7. The van der Waals surface area contributed by atoms with Crippen LogP contribution in [0.2, 0.25) is 0 Å². The second-order valence-electron chi connectivity index (χ2n) is 7.21. The lowest BCUT2D eigenvalue weighted by Gasteiger charge is -2.24. The highest BCUT2D eigenvalue weighted by molar-refractivity contribution is 7.93. The van der Waals surface area contributed by atoms with Crippen molar-refractivity contribution in [2.75, 3.05) is 22.4 Å². The molecule has 2 rings (SSSR count). The number of benzene rings is 1. The molecule has 0 saturated heterocycles. The number of ether oxygens (including phenoxy) is 1. The minimum absolute atomic E-state index is 0.0153. The molecule has 0 saturated carbocycles. The third kappa shape index (κ3) is 4.47. The van der Waals surface area contributed by atoms with Gasteiger partial charge in [-0.3, -0.25) is 4.79 Å². The molecule has 0 atom stereocenters. The van der Waals surface area contributed by atoms with E-state index < -0.39 is 37.8 Å². The molecule has 0 N–H and O–H groups in total. The molecular weight excluding hydrogens is 444 g/mol. The Morgan fingerprint density at radius 2 is 1.68 bits per heavy atom. The Balaban J connectivity index is 2.95. The van der Waals surface area contributed by atoms with E-state index in [0.717, 1.165) is 3.97 Å². The highest BCUT2D eigenvalue weighted by Crippen LogP contribution is 2.33. The first-order valence-corrected chi connectivity index (χ1v) is 13.2. The summed E-state index contributed by atoms with van der Waals surface area (Å²) < 4.78 is 57.7. The van der Waals surface area contributed by atoms with Gasteiger partial charge in [0.15, 0.2) is 0 Å². The molecule has 1 heterocycles. The highest BCUT2D eigenvalue weighted by Gasteiger charge is 2.32. The van der Waals surface area contributed by atoms with Crippen LogP contribution >= 0.6 is 0 Å². The maximum Gasteiger partial charge on any atom is 0.340 e. The molecule has 2 aromatic rings. The number of nitrogens with zero attached hydrogens (tertiary/aromatic N) is 2. The average Bonchev–Trinajstić information content (AvgIpc) is 2.99. The molecule has 0 bridgehead atoms. The minimum atomic E-state index is -3.96. The van der Waals surface area contributed by atoms with E-state index in [0.29, 0.717) is 4.31 Å². The van der Waals surface area contributed by atoms with Crippen LogP contribution in [0.3, 0.4) is 0 Å². The van der Waals surface area contributed by atoms with Gasteiger partial charge in [-0.1, -0.05) is 13.8 Å². The number of esters is 1. The number of hydrogen-bond donors (Lipinski definition) is 0. The van der Waals surface area contributed by atoms with Crippen LogP contribution in [0.5, 0.6) is 0 Å². The van der Waals surface area contributed by atoms with Gasteiger partial charge in [-0.2, -0.15) is 0 Å². The number of amides is 1. The molecule has 0 aliphatic rings. The molecule has 0 spiro atoms. The van der Waals surface area contributed by atoms with E-state index in [1.165, 1.54) is 39.0 Å². The van der Waals surface area contributed by atoms with Crippen molar-refractivity contribution in [3.63, 3.8) is 0 Å². The predicted molar refractivity (Wildman–Crippen MR) is 119 cm³/mol. The number of hydrogen-bond acceptors (Lipinski definition) is 7. The van der Waals surface area contributed by atoms with Gasteiger partial charge in [0.25, 0.3) is 0 Å². The van der Waals surface area contributed by atoms with Crippen molar-refractivity contribution >= 4 is 48.5 Å². The number of sulfonamides is 1. The van der Waals surface area contributed by atoms with Crippen LogP contribution in [0.15, 0.2) is 18.2 Å². The van der Waals surface area contributed by atoms with E-state index in [1.807, 2.05) is 0 Å². The molecule has 9 nitrogen and oxygen atoms in total. The van der Waals surface area contributed by atoms with Gasteiger partial charge >= 0.3 is 5.97 Å². The number of rotatable bonds is 8. The Morgan fingerprint density at radius 1 is 1.06 bits per heavy atom. The molecule has 0 radical (unpaired) electrons. The molecule has 31 heavy (non-hydrogen) atoms. The number of anilines is 1. The molecule has 0 fully saturated rings. The molecule has 11 heteroatoms. The summed E-state index contributed by atoms with van der Waals surface area (Å²) in [7, 11) is -7.73. The van der Waals surface area contributed by atoms with E-state index in [4.69, 9.17) is 4.74 Å². The van der Waals surface area contributed by atoms with Crippen LogP contribution in [0.4, 0.5) is 5.69 Å². The summed E-state index contributed by atoms with van der Waals surface area (Å²) in [5.74, 6) is -2.47. The molecular formula is C20H28N2O7S2. The molecule has 0 aliphatic carbocycles. The van der Waals surface area contributed by atoms with Crippen molar-refractivity contribution in [1.29, 1.82) is 0 Å². The fraction of sp³-hybridized carbons (Fsp3) is 0.500. The summed E-state index contributed by atoms with van der Waals surface area (Å²) in [6, 6.07) is 4.12. The first kappa shape index (κ1) is 24.9. The lowest BCUT2D eigenvalue weighted by atomic mass is 10.1. The third-order valence-electron chi connectivity index (χ3n) is 4.83. The second kappa shape index (κ2) is 8.99. The van der Waals surface area contributed by atoms with Crippen LogP contribution in [-0.4, -0.2) is 50.8 Å². The summed E-state index contributed by atoms with van der Waals surface area (Å²) in [4.78, 5) is 25.4. The van der Waals surface area contributed by atoms with Crippen LogP contribution in [0.25, 0.3) is 10.9 Å². The molecule has 0 unspecified atom stereocenters. The molecule has 172 valence electrons. The van der Waals surface area contributed by atoms with Crippen LogP contribution in [0, 0.1) is 12.8 Å². The maximum atomic E-state index is 12.7. The Morgan fingerprint density at radius 3 is 2.16 bits per heavy atom. The van der Waals surface area contributed by atoms with Crippen molar-refractivity contribution in [3.05, 3.63) is 29.5 Å². The molecule has 1 aromatic heterocycles. The van der Waals surface area contributed by atoms with E-state index >= 15 is 0 Å². The summed E-state index contributed by atoms with van der Waals surface area (Å²) >= 11 is 0. The summed E-state index contributed by atoms with van der Waals surface area (Å²) in [6.07, 6.45) is 0. The SMILES string of the molecule is CCOC(=O)c1c(C)n(S(=O)(=O)CC)c2ccc(N(C(=O)C(C)C)S(=O)(=O)CC)cc12. The van der Waals surface area contributed by atoms with Gasteiger partial charge in [-0.25, -0.2) is 29.9 Å². The van der Waals surface area contributed by atoms with Gasteiger partial charge in [0.1, 0.15) is 0 Å². The van der Waals surface area contributed by atoms with Crippen molar-refractivity contribution in [1.82, 2.24) is 3.97 Å². The zero-order chi connectivity index (χ0) is 23.7. The topological polar surface area (TPSA) is 120 Å². The fourth-order valence-electron chi connectivity index (χ4n) is 3.24. The van der Waals surface area contributed by atoms with Crippen LogP contribution < -0.4 is 4.31 Å². The number of fused-ring (bicyclic) bond motifs is 1. The summed E-state index contributed by atoms with van der Waals surface area (Å²) in [6.45, 7) is 9.25. The normalized spacial score (nSPS) is 12.4. The summed E-state index contributed by atoms with van der Waals surface area (Å²) in [5, 5.41) is 0.193. The Labute approximate surface area is 183 Å². The number of aromatic nitrogens is 1. The van der Waals surface area contributed by atoms with E-state index in [1.54, 1.807) is 20.8 Å². The van der Waals surface area contributed by atoms with Gasteiger partial charge in [0, 0.05) is 17.0 Å². The number of carbonyl (C=O) groups excluding carboxylic acids is 2. The van der Waals surface area contributed by atoms with Crippen molar-refractivity contribution in [2.45, 2.75) is 41.5 Å². The predicted octanol–water partition coefficient (Wildman–Crippen LogP) is 2.66. The second-order valence-corrected chi connectivity index (χ2v) is 11.4. The van der Waals surface area contributed by atoms with E-state index in [2.05, 4.69) is 0 Å². The van der Waals surface area contributed by atoms with Crippen molar-refractivity contribution in [2.24, 2.45) is 5.92 Å². The minimum Gasteiger partial charge on any atom is -0.462 e. The van der Waals surface area contributed by atoms with Crippen molar-refractivity contribution in [3.8, 4) is 0 Å². The van der Waals surface area contributed by atoms with Gasteiger partial charge in [0.2, 0.25) is 26.0 Å². The third-order valence-corrected chi connectivity index (χ3v) is 8.26. The lowest BCUT2D eigenvalue weighted by molar-refractivity contribution is -0.120. The van der Waals surface area contributed by atoms with Crippen molar-refractivity contribution < 1.29 is 31.2 Å². The Kier molecular flexibility index (Phi) is 7.21. The van der Waals surface area contributed by atoms with Crippen LogP contribution in [0.1, 0.15) is 50.7 Å². The molecule has 0 aliphatic heterocycles. The standard InChI is InChI=1S/C20H28N2O7S2/c1-7-29-20(24)18-14(6)21(30(25,26)8-2)17-11-10-15(12-16(17)18)22(19(23)13(4)5)31(27,28)9-3/h10-13H,7-9H2,1-6H3. The highest BCUT2D eigenvalue weighted by atomic mass is 32.2. The van der Waals surface area contributed by atoms with Gasteiger partial charge in [-0.15, -0.1) is 0 Å². The molecule has 1 aromatic carbocycles. The lowest BCUT2D eigenvalue weighted by Crippen LogP contribution is -2.40. The molecule has 1 amide bonds. The Bertz CT molecular complexity index is 1230. The van der Waals surface area contributed by atoms with E-state index in [9.17, 15) is 26.4 Å². The monoisotopic (exact) mass is 472 g/mol. The van der Waals surface area contributed by atoms with E-state index in [-0.39, 0.29) is 46.0 Å². The van der Waals surface area contributed by atoms with Crippen LogP contribution in [-0.2, 0) is 29.6 Å². The van der Waals surface area contributed by atoms with Gasteiger partial charge in [-0.05, 0) is 45.9 Å². The average molecular weight is 473 g/mol. The Hall–Kier alpha value is -2.40. The summed E-state index contributed by atoms with van der Waals surface area (Å²) in [5.41, 5.74) is 0.413. The first-order valence-electron chi connectivity index (χ1n) is 9.96. The largest absolute Gasteiger partial charge is 0.462 e. The first-order chi connectivity index (χ1) is 14.3. The zero-order valence-corrected chi connectivity index (χ0v) is 20.1. The quantitative estimate of drug-likeness (QED) is 0.542. The fourth-order valence-corrected chi connectivity index (χ4v) is 5.65. The number of carbonyl (C=O) groups is 2.